The summed E-state index contributed by atoms with van der Waals surface area (Å²) in [6, 6.07) is 9.19. The highest BCUT2D eigenvalue weighted by Gasteiger charge is 1.80. The van der Waals surface area contributed by atoms with E-state index in [0.717, 1.165) is 11.6 Å². The van der Waals surface area contributed by atoms with Crippen molar-refractivity contribution in [1.82, 2.24) is 0 Å². The topological polar surface area (TPSA) is 40.1 Å². The van der Waals surface area contributed by atoms with E-state index in [9.17, 15) is 9.90 Å². The predicted molar refractivity (Wildman–Crippen MR) is 51.8 cm³/mol. The van der Waals surface area contributed by atoms with E-state index in [-0.39, 0.29) is 0 Å². The number of hydrogen-bond acceptors (Lipinski definition) is 2. The molecule has 0 aromatic heterocycles. The fraction of sp³-hybridized carbons (Fsp3) is 0.182. The van der Waals surface area contributed by atoms with E-state index in [1.807, 2.05) is 44.2 Å². The maximum Gasteiger partial charge on any atom is 0.0643 e. The van der Waals surface area contributed by atoms with Crippen molar-refractivity contribution < 1.29 is 9.90 Å². The number of rotatable bonds is 2. The number of carboxylic acids is 1. The molecule has 0 spiro atoms. The summed E-state index contributed by atoms with van der Waals surface area (Å²) in [6.45, 7) is 4.00. The zero-order valence-corrected chi connectivity index (χ0v) is 7.86. The second kappa shape index (κ2) is 7.10. The third-order valence-electron chi connectivity index (χ3n) is 1.21. The summed E-state index contributed by atoms with van der Waals surface area (Å²) in [7, 11) is 0. The third kappa shape index (κ3) is 5.67. The predicted octanol–water partition coefficient (Wildman–Crippen LogP) is 1.48. The van der Waals surface area contributed by atoms with Gasteiger partial charge in [0.05, 0.1) is 5.97 Å². The zero-order valence-electron chi connectivity index (χ0n) is 7.86. The van der Waals surface area contributed by atoms with Gasteiger partial charge in [0.2, 0.25) is 0 Å². The van der Waals surface area contributed by atoms with Gasteiger partial charge in [-0.05, 0) is 11.6 Å². The van der Waals surface area contributed by atoms with Gasteiger partial charge in [-0.25, -0.2) is 0 Å². The lowest BCUT2D eigenvalue weighted by Crippen LogP contribution is -2.18. The Morgan fingerprint density at radius 2 is 1.77 bits per heavy atom. The highest BCUT2D eigenvalue weighted by atomic mass is 16.4. The van der Waals surface area contributed by atoms with Gasteiger partial charge in [-0.15, -0.1) is 0 Å². The molecule has 0 aliphatic heterocycles. The molecule has 13 heavy (non-hydrogen) atoms. The van der Waals surface area contributed by atoms with Crippen LogP contribution in [-0.2, 0) is 4.79 Å². The molecule has 0 amide bonds. The minimum atomic E-state index is -1.17. The highest BCUT2D eigenvalue weighted by Crippen LogP contribution is 1.99. The molecule has 0 heterocycles. The third-order valence-corrected chi connectivity index (χ3v) is 1.21. The monoisotopic (exact) mass is 177 g/mol. The minimum absolute atomic E-state index is 0.858. The van der Waals surface area contributed by atoms with Crippen LogP contribution in [-0.4, -0.2) is 5.97 Å². The Kier molecular flexibility index (Phi) is 6.24. The van der Waals surface area contributed by atoms with Crippen LogP contribution in [0, 0.1) is 0 Å². The van der Waals surface area contributed by atoms with Crippen LogP contribution in [0.2, 0.25) is 0 Å². The largest absolute Gasteiger partial charge is 0.545 e. The summed E-state index contributed by atoms with van der Waals surface area (Å²) >= 11 is 0. The highest BCUT2D eigenvalue weighted by molar-refractivity contribution is 5.83. The van der Waals surface area contributed by atoms with Crippen LogP contribution < -0.4 is 5.11 Å². The molecule has 0 fully saturated rings. The van der Waals surface area contributed by atoms with Crippen molar-refractivity contribution in [2.45, 2.75) is 13.8 Å². The van der Waals surface area contributed by atoms with E-state index in [1.165, 1.54) is 6.08 Å². The number of benzene rings is 1. The van der Waals surface area contributed by atoms with Crippen LogP contribution in [0.15, 0.2) is 36.4 Å². The van der Waals surface area contributed by atoms with E-state index >= 15 is 0 Å². The summed E-state index contributed by atoms with van der Waals surface area (Å²) in [4.78, 5) is 9.97. The van der Waals surface area contributed by atoms with Gasteiger partial charge >= 0.3 is 0 Å². The molecule has 0 saturated carbocycles. The normalized spacial score (nSPS) is 9.08. The lowest BCUT2D eigenvalue weighted by molar-refractivity contribution is -0.297. The van der Waals surface area contributed by atoms with Crippen LogP contribution >= 0.6 is 0 Å². The molecule has 0 unspecified atom stereocenters. The number of carboxylic acid groups (broad SMARTS) is 1. The Hall–Kier alpha value is -1.57. The van der Waals surface area contributed by atoms with E-state index in [4.69, 9.17) is 0 Å². The Balaban J connectivity index is 0.000000671. The summed E-state index contributed by atoms with van der Waals surface area (Å²) in [5, 5.41) is 9.97. The molecule has 1 aromatic rings. The maximum absolute atomic E-state index is 9.97. The number of hydrogen-bond donors (Lipinski definition) is 0. The van der Waals surface area contributed by atoms with Crippen molar-refractivity contribution in [2.75, 3.05) is 0 Å². The van der Waals surface area contributed by atoms with Crippen molar-refractivity contribution in [1.29, 1.82) is 0 Å². The first kappa shape index (κ1) is 11.4. The first-order valence-electron chi connectivity index (χ1n) is 4.23. The lowest BCUT2D eigenvalue weighted by Gasteiger charge is -1.91. The summed E-state index contributed by atoms with van der Waals surface area (Å²) < 4.78 is 0. The molecule has 2 nitrogen and oxygen atoms in total. The number of aliphatic carboxylic acids is 1. The molecule has 1 rings (SSSR count). The van der Waals surface area contributed by atoms with E-state index in [1.54, 1.807) is 0 Å². The van der Waals surface area contributed by atoms with Gasteiger partial charge in [0.15, 0.2) is 0 Å². The fourth-order valence-electron chi connectivity index (χ4n) is 0.728. The first-order chi connectivity index (χ1) is 6.29. The van der Waals surface area contributed by atoms with Crippen molar-refractivity contribution in [2.24, 2.45) is 0 Å². The van der Waals surface area contributed by atoms with Gasteiger partial charge < -0.3 is 9.90 Å². The van der Waals surface area contributed by atoms with E-state index < -0.39 is 5.97 Å². The quantitative estimate of drug-likeness (QED) is 0.642. The Bertz CT molecular complexity index is 263. The van der Waals surface area contributed by atoms with Crippen molar-refractivity contribution in [3.8, 4) is 0 Å². The molecular weight excluding hydrogens is 164 g/mol. The van der Waals surface area contributed by atoms with Gasteiger partial charge in [0.1, 0.15) is 0 Å². The average molecular weight is 177 g/mol. The molecule has 70 valence electrons. The van der Waals surface area contributed by atoms with Crippen LogP contribution in [0.4, 0.5) is 0 Å². The Morgan fingerprint density at radius 3 is 2.23 bits per heavy atom. The SMILES string of the molecule is CC.O=C([O-])/C=C/c1ccccc1. The smallest absolute Gasteiger partial charge is 0.0643 e. The molecule has 0 radical (unpaired) electrons. The maximum atomic E-state index is 9.97. The zero-order chi connectivity index (χ0) is 10.1. The lowest BCUT2D eigenvalue weighted by atomic mass is 10.2. The van der Waals surface area contributed by atoms with Crippen LogP contribution in [0.3, 0.4) is 0 Å². The summed E-state index contributed by atoms with van der Waals surface area (Å²) in [5.41, 5.74) is 0.858. The average Bonchev–Trinajstić information content (AvgIpc) is 2.19. The second-order valence-electron chi connectivity index (χ2n) is 2.06. The fourth-order valence-corrected chi connectivity index (χ4v) is 0.728. The van der Waals surface area contributed by atoms with Gasteiger partial charge in [0.25, 0.3) is 0 Å². The van der Waals surface area contributed by atoms with Gasteiger partial charge in [-0.1, -0.05) is 50.3 Å². The van der Waals surface area contributed by atoms with Gasteiger partial charge in [-0.2, -0.15) is 0 Å². The van der Waals surface area contributed by atoms with Crippen molar-refractivity contribution in [3.63, 3.8) is 0 Å². The molecule has 0 N–H and O–H groups in total. The van der Waals surface area contributed by atoms with Gasteiger partial charge in [-0.3, -0.25) is 0 Å². The molecule has 1 aromatic carbocycles. The Labute approximate surface area is 78.5 Å². The molecule has 0 aliphatic rings. The summed E-state index contributed by atoms with van der Waals surface area (Å²) in [6.07, 6.45) is 2.50. The molecular formula is C11H13O2-. The molecule has 0 saturated heterocycles. The standard InChI is InChI=1S/C9H8O2.C2H6/c10-9(11)7-6-8-4-2-1-3-5-8;1-2/h1-7H,(H,10,11);1-2H3/p-1/b7-6+;. The Morgan fingerprint density at radius 1 is 1.23 bits per heavy atom. The molecule has 2 heteroatoms. The van der Waals surface area contributed by atoms with E-state index in [0.29, 0.717) is 0 Å². The number of carbonyl (C=O) groups is 1. The van der Waals surface area contributed by atoms with Crippen LogP contribution in [0.5, 0.6) is 0 Å². The number of carbonyl (C=O) groups excluding carboxylic acids is 1. The van der Waals surface area contributed by atoms with E-state index in [2.05, 4.69) is 0 Å². The van der Waals surface area contributed by atoms with Crippen LogP contribution in [0.25, 0.3) is 6.08 Å². The van der Waals surface area contributed by atoms with Gasteiger partial charge in [0, 0.05) is 0 Å². The second-order valence-corrected chi connectivity index (χ2v) is 2.06. The summed E-state index contributed by atoms with van der Waals surface area (Å²) in [5.74, 6) is -1.17. The molecule has 0 atom stereocenters. The van der Waals surface area contributed by atoms with Crippen molar-refractivity contribution >= 4 is 12.0 Å². The minimum Gasteiger partial charge on any atom is -0.545 e. The molecule has 0 aliphatic carbocycles. The first-order valence-corrected chi connectivity index (χ1v) is 4.23. The van der Waals surface area contributed by atoms with Crippen LogP contribution in [0.1, 0.15) is 19.4 Å². The van der Waals surface area contributed by atoms with Crippen molar-refractivity contribution in [3.05, 3.63) is 42.0 Å². The molecule has 0 bridgehead atoms.